The van der Waals surface area contributed by atoms with Gasteiger partial charge in [0, 0.05) is 5.69 Å². The molecule has 14 heteroatoms. The number of nitrogens with one attached hydrogen (secondary N) is 1. The number of ether oxygens (including phenoxy) is 1. The molecular formula is C28H20F3N3O6S2. The number of furan rings is 1. The number of thiazole rings is 1. The van der Waals surface area contributed by atoms with Gasteiger partial charge >= 0.3 is 11.0 Å². The molecule has 0 bridgehead atoms. The van der Waals surface area contributed by atoms with Crippen molar-refractivity contribution < 1.29 is 36.7 Å². The number of amides is 3. The quantitative estimate of drug-likeness (QED) is 0.305. The summed E-state index contributed by atoms with van der Waals surface area (Å²) in [5.41, 5.74) is -0.654. The minimum atomic E-state index is -4.59. The van der Waals surface area contributed by atoms with Crippen LogP contribution in [0.4, 0.5) is 24.5 Å². The molecule has 2 aromatic heterocycles. The fourth-order valence-corrected chi connectivity index (χ4v) is 7.89. The molecule has 1 fully saturated rings. The molecule has 2 aromatic carbocycles. The number of carbonyl (C=O) groups is 3. The van der Waals surface area contributed by atoms with Crippen molar-refractivity contribution in [2.24, 2.45) is 5.92 Å². The van der Waals surface area contributed by atoms with Gasteiger partial charge in [-0.25, -0.2) is 4.90 Å². The summed E-state index contributed by atoms with van der Waals surface area (Å²) in [6, 6.07) is 13.9. The zero-order chi connectivity index (χ0) is 29.8. The minimum absolute atomic E-state index is 0.0835. The Bertz CT molecular complexity index is 1750. The highest BCUT2D eigenvalue weighted by molar-refractivity contribution is 8.00. The highest BCUT2D eigenvalue weighted by atomic mass is 32.2. The van der Waals surface area contributed by atoms with Crippen LogP contribution in [0.1, 0.15) is 22.1 Å². The first-order valence-corrected chi connectivity index (χ1v) is 14.2. The number of carbonyl (C=O) groups excluding carboxylic acids is 3. The van der Waals surface area contributed by atoms with Crippen molar-refractivity contribution >= 4 is 52.2 Å². The molecular weight excluding hydrogens is 595 g/mol. The average Bonchev–Trinajstić information content (AvgIpc) is 3.66. The summed E-state index contributed by atoms with van der Waals surface area (Å²) in [7, 11) is 1.50. The molecule has 1 saturated heterocycles. The molecule has 0 spiro atoms. The van der Waals surface area contributed by atoms with E-state index in [0.29, 0.717) is 27.1 Å². The van der Waals surface area contributed by atoms with Crippen molar-refractivity contribution in [2.75, 3.05) is 17.3 Å². The van der Waals surface area contributed by atoms with Gasteiger partial charge in [0.25, 0.3) is 0 Å². The molecule has 0 radical (unpaired) electrons. The lowest BCUT2D eigenvalue weighted by molar-refractivity contribution is -0.137. The van der Waals surface area contributed by atoms with Crippen molar-refractivity contribution in [1.82, 2.24) is 4.57 Å². The van der Waals surface area contributed by atoms with E-state index >= 15 is 0 Å². The van der Waals surface area contributed by atoms with E-state index in [0.717, 1.165) is 46.2 Å². The minimum Gasteiger partial charge on any atom is -0.497 e. The highest BCUT2D eigenvalue weighted by Crippen LogP contribution is 2.54. The first-order valence-electron chi connectivity index (χ1n) is 12.5. The molecule has 4 heterocycles. The van der Waals surface area contributed by atoms with Crippen LogP contribution in [0.25, 0.3) is 0 Å². The van der Waals surface area contributed by atoms with Crippen LogP contribution in [0.15, 0.2) is 81.2 Å². The number of hydrogen-bond acceptors (Lipinski definition) is 8. The molecule has 0 unspecified atom stereocenters. The lowest BCUT2D eigenvalue weighted by Crippen LogP contribution is -2.32. The lowest BCUT2D eigenvalue weighted by atomic mass is 9.87. The van der Waals surface area contributed by atoms with Gasteiger partial charge in [0.05, 0.1) is 46.4 Å². The van der Waals surface area contributed by atoms with Crippen LogP contribution in [-0.2, 0) is 27.1 Å². The van der Waals surface area contributed by atoms with Gasteiger partial charge in [-0.3, -0.25) is 23.7 Å². The lowest BCUT2D eigenvalue weighted by Gasteiger charge is -2.29. The fourth-order valence-electron chi connectivity index (χ4n) is 5.13. The zero-order valence-corrected chi connectivity index (χ0v) is 23.2. The van der Waals surface area contributed by atoms with Crippen LogP contribution in [0.2, 0.25) is 0 Å². The second-order valence-electron chi connectivity index (χ2n) is 9.52. The number of aromatic nitrogens is 1. The van der Waals surface area contributed by atoms with Gasteiger partial charge in [0.2, 0.25) is 17.7 Å². The SMILES string of the molecule is COc1ccc(N2C(=O)[C@H]3[C@H](c4ccco4)c4sc(=O)n(CC(=O)Nc5cccc(C(F)(F)F)c5)c4S[C@H]3C2=O)cc1. The third-order valence-corrected chi connectivity index (χ3v) is 9.61. The topological polar surface area (TPSA) is 111 Å². The number of thioether (sulfide) groups is 1. The Kier molecular flexibility index (Phi) is 6.97. The third kappa shape index (κ3) is 4.79. The average molecular weight is 616 g/mol. The Balaban J connectivity index is 1.34. The molecule has 0 saturated carbocycles. The maximum atomic E-state index is 13.8. The van der Waals surface area contributed by atoms with E-state index < -0.39 is 58.0 Å². The summed E-state index contributed by atoms with van der Waals surface area (Å²) in [5, 5.41) is 1.81. The molecule has 2 aliphatic rings. The summed E-state index contributed by atoms with van der Waals surface area (Å²) < 4.78 is 51.3. The number of anilines is 2. The second kappa shape index (κ2) is 10.5. The first-order chi connectivity index (χ1) is 20.1. The van der Waals surface area contributed by atoms with E-state index in [1.165, 1.54) is 24.0 Å². The largest absolute Gasteiger partial charge is 0.497 e. The van der Waals surface area contributed by atoms with Crippen LogP contribution in [-0.4, -0.2) is 34.6 Å². The van der Waals surface area contributed by atoms with E-state index in [1.807, 2.05) is 0 Å². The second-order valence-corrected chi connectivity index (χ2v) is 11.6. The molecule has 42 heavy (non-hydrogen) atoms. The summed E-state index contributed by atoms with van der Waals surface area (Å²) in [4.78, 5) is 54.6. The van der Waals surface area contributed by atoms with E-state index in [9.17, 15) is 32.3 Å². The molecule has 0 aliphatic carbocycles. The maximum Gasteiger partial charge on any atom is 0.416 e. The highest BCUT2D eigenvalue weighted by Gasteiger charge is 2.57. The van der Waals surface area contributed by atoms with E-state index in [4.69, 9.17) is 9.15 Å². The Morgan fingerprint density at radius 2 is 1.81 bits per heavy atom. The monoisotopic (exact) mass is 615 g/mol. The third-order valence-electron chi connectivity index (χ3n) is 7.00. The van der Waals surface area contributed by atoms with Crippen molar-refractivity contribution in [3.05, 3.63) is 92.8 Å². The molecule has 3 amide bonds. The molecule has 216 valence electrons. The predicted molar refractivity (Wildman–Crippen MR) is 148 cm³/mol. The standard InChI is InChI=1S/C28H20F3N3O6S2/c1-39-17-9-7-16(8-10-17)34-24(36)21-20(18-6-3-11-40-18)23-26(41-22(21)25(34)37)33(27(38)42-23)13-19(35)32-15-5-2-4-14(12-15)28(29,30)31/h2-12,20-22H,13H2,1H3,(H,32,35)/t20-,21-,22+/m0/s1. The molecule has 4 aromatic rings. The Morgan fingerprint density at radius 1 is 1.05 bits per heavy atom. The van der Waals surface area contributed by atoms with Crippen molar-refractivity contribution in [1.29, 1.82) is 0 Å². The number of nitrogens with zero attached hydrogens (tertiary/aromatic N) is 2. The number of hydrogen-bond donors (Lipinski definition) is 1. The molecule has 2 aliphatic heterocycles. The number of rotatable bonds is 6. The van der Waals surface area contributed by atoms with Gasteiger partial charge in [0.1, 0.15) is 23.3 Å². The molecule has 3 atom stereocenters. The number of halogens is 3. The maximum absolute atomic E-state index is 13.8. The molecule has 1 N–H and O–H groups in total. The van der Waals surface area contributed by atoms with Gasteiger partial charge in [0.15, 0.2) is 0 Å². The van der Waals surface area contributed by atoms with Crippen molar-refractivity contribution in [3.8, 4) is 5.75 Å². The fraction of sp³-hybridized carbons (Fsp3) is 0.214. The van der Waals surface area contributed by atoms with E-state index in [1.54, 1.807) is 36.4 Å². The van der Waals surface area contributed by atoms with Crippen molar-refractivity contribution in [3.63, 3.8) is 0 Å². The van der Waals surface area contributed by atoms with Crippen LogP contribution in [0.5, 0.6) is 5.75 Å². The van der Waals surface area contributed by atoms with Gasteiger partial charge in [-0.15, -0.1) is 0 Å². The van der Waals surface area contributed by atoms with Gasteiger partial charge in [-0.2, -0.15) is 13.2 Å². The summed E-state index contributed by atoms with van der Waals surface area (Å²) in [5.74, 6) is -2.40. The summed E-state index contributed by atoms with van der Waals surface area (Å²) in [6.07, 6.45) is -3.17. The van der Waals surface area contributed by atoms with Crippen LogP contribution in [0.3, 0.4) is 0 Å². The van der Waals surface area contributed by atoms with Crippen LogP contribution < -0.4 is 19.8 Å². The number of fused-ring (bicyclic) bond motifs is 2. The normalized spacial score (nSPS) is 19.9. The summed E-state index contributed by atoms with van der Waals surface area (Å²) in [6.45, 7) is -0.513. The Labute approximate surface area is 243 Å². The molecule has 9 nitrogen and oxygen atoms in total. The Hall–Kier alpha value is -4.30. The summed E-state index contributed by atoms with van der Waals surface area (Å²) >= 11 is 1.84. The van der Waals surface area contributed by atoms with Crippen LogP contribution >= 0.6 is 23.1 Å². The zero-order valence-electron chi connectivity index (χ0n) is 21.6. The first kappa shape index (κ1) is 27.8. The number of alkyl halides is 3. The van der Waals surface area contributed by atoms with Gasteiger partial charge in [-0.05, 0) is 54.6 Å². The van der Waals surface area contributed by atoms with E-state index in [2.05, 4.69) is 5.32 Å². The predicted octanol–water partition coefficient (Wildman–Crippen LogP) is 4.96. The van der Waals surface area contributed by atoms with Crippen molar-refractivity contribution in [2.45, 2.75) is 28.9 Å². The van der Waals surface area contributed by atoms with Crippen LogP contribution in [0, 0.1) is 5.92 Å². The number of benzene rings is 2. The number of imide groups is 1. The smallest absolute Gasteiger partial charge is 0.416 e. The van der Waals surface area contributed by atoms with Gasteiger partial charge < -0.3 is 14.5 Å². The number of methoxy groups -OCH3 is 1. The van der Waals surface area contributed by atoms with Gasteiger partial charge in [-0.1, -0.05) is 29.2 Å². The molecule has 6 rings (SSSR count). The van der Waals surface area contributed by atoms with E-state index in [-0.39, 0.29) is 5.69 Å². The Morgan fingerprint density at radius 3 is 2.48 bits per heavy atom.